The molecule has 0 aromatic rings. The number of nitrogens with one attached hydrogen (secondary N) is 1. The molecule has 1 unspecified atom stereocenters. The molecule has 0 spiro atoms. The van der Waals surface area contributed by atoms with Gasteiger partial charge in [-0.3, -0.25) is 4.79 Å². The summed E-state index contributed by atoms with van der Waals surface area (Å²) < 4.78 is 0. The highest BCUT2D eigenvalue weighted by Crippen LogP contribution is 2.20. The molecule has 1 saturated heterocycles. The molecule has 3 heteroatoms. The van der Waals surface area contributed by atoms with E-state index in [2.05, 4.69) is 17.3 Å². The third-order valence-electron chi connectivity index (χ3n) is 4.18. The third kappa shape index (κ3) is 4.30. The summed E-state index contributed by atoms with van der Waals surface area (Å²) in [5.74, 6) is 0.878. The SMILES string of the molecule is CN1CCC(CC(=O)NC2CCCCCC2)C1. The maximum Gasteiger partial charge on any atom is 0.220 e. The lowest BCUT2D eigenvalue weighted by molar-refractivity contribution is -0.122. The van der Waals surface area contributed by atoms with Crippen LogP contribution in [0, 0.1) is 5.92 Å². The highest BCUT2D eigenvalue weighted by Gasteiger charge is 2.23. The molecule has 98 valence electrons. The summed E-state index contributed by atoms with van der Waals surface area (Å²) in [5.41, 5.74) is 0. The summed E-state index contributed by atoms with van der Waals surface area (Å²) >= 11 is 0. The summed E-state index contributed by atoms with van der Waals surface area (Å²) in [7, 11) is 2.14. The van der Waals surface area contributed by atoms with Crippen molar-refractivity contribution in [1.82, 2.24) is 10.2 Å². The zero-order valence-corrected chi connectivity index (χ0v) is 11.1. The zero-order chi connectivity index (χ0) is 12.1. The quantitative estimate of drug-likeness (QED) is 0.764. The van der Waals surface area contributed by atoms with Crippen molar-refractivity contribution in [2.24, 2.45) is 5.92 Å². The lowest BCUT2D eigenvalue weighted by atomic mass is 10.0. The summed E-state index contributed by atoms with van der Waals surface area (Å²) in [6.45, 7) is 2.25. The van der Waals surface area contributed by atoms with Crippen molar-refractivity contribution in [3.8, 4) is 0 Å². The second-order valence-electron chi connectivity index (χ2n) is 5.88. The summed E-state index contributed by atoms with van der Waals surface area (Å²) in [6.07, 6.45) is 9.58. The Kier molecular flexibility index (Phi) is 4.84. The third-order valence-corrected chi connectivity index (χ3v) is 4.18. The molecule has 2 fully saturated rings. The first-order valence-corrected chi connectivity index (χ1v) is 7.22. The van der Waals surface area contributed by atoms with Gasteiger partial charge in [-0.25, -0.2) is 0 Å². The molecule has 1 heterocycles. The Hall–Kier alpha value is -0.570. The van der Waals surface area contributed by atoms with E-state index in [1.807, 2.05) is 0 Å². The summed E-state index contributed by atoms with van der Waals surface area (Å²) in [5, 5.41) is 3.24. The van der Waals surface area contributed by atoms with Gasteiger partial charge in [0.05, 0.1) is 0 Å². The normalized spacial score (nSPS) is 27.9. The van der Waals surface area contributed by atoms with Crippen molar-refractivity contribution in [3.05, 3.63) is 0 Å². The maximum absolute atomic E-state index is 12.0. The van der Waals surface area contributed by atoms with Gasteiger partial charge in [-0.1, -0.05) is 25.7 Å². The van der Waals surface area contributed by atoms with E-state index in [1.54, 1.807) is 0 Å². The number of nitrogens with zero attached hydrogens (tertiary/aromatic N) is 1. The van der Waals surface area contributed by atoms with Gasteiger partial charge in [-0.05, 0) is 38.8 Å². The minimum Gasteiger partial charge on any atom is -0.353 e. The minimum absolute atomic E-state index is 0.289. The van der Waals surface area contributed by atoms with Crippen LogP contribution >= 0.6 is 0 Å². The first-order valence-electron chi connectivity index (χ1n) is 7.22. The van der Waals surface area contributed by atoms with E-state index < -0.39 is 0 Å². The average molecular weight is 238 g/mol. The van der Waals surface area contributed by atoms with Crippen LogP contribution in [-0.2, 0) is 4.79 Å². The maximum atomic E-state index is 12.0. The molecule has 1 N–H and O–H groups in total. The lowest BCUT2D eigenvalue weighted by Gasteiger charge is -2.17. The number of amides is 1. The Morgan fingerprint density at radius 1 is 1.18 bits per heavy atom. The number of carbonyl (C=O) groups is 1. The largest absolute Gasteiger partial charge is 0.353 e. The molecule has 2 rings (SSSR count). The van der Waals surface area contributed by atoms with Crippen LogP contribution in [0.25, 0.3) is 0 Å². The number of likely N-dealkylation sites (tertiary alicyclic amines) is 1. The second kappa shape index (κ2) is 6.39. The van der Waals surface area contributed by atoms with Crippen molar-refractivity contribution in [2.45, 2.75) is 57.4 Å². The molecule has 0 bridgehead atoms. The van der Waals surface area contributed by atoms with E-state index in [9.17, 15) is 4.79 Å². The standard InChI is InChI=1S/C14H26N2O/c1-16-9-8-12(11-16)10-14(17)15-13-6-4-2-3-5-7-13/h12-13H,2-11H2,1H3,(H,15,17). The van der Waals surface area contributed by atoms with Crippen LogP contribution in [0.15, 0.2) is 0 Å². The molecular weight excluding hydrogens is 212 g/mol. The number of carbonyl (C=O) groups excluding carboxylic acids is 1. The highest BCUT2D eigenvalue weighted by molar-refractivity contribution is 5.76. The van der Waals surface area contributed by atoms with Gasteiger partial charge in [-0.15, -0.1) is 0 Å². The lowest BCUT2D eigenvalue weighted by Crippen LogP contribution is -2.35. The van der Waals surface area contributed by atoms with E-state index in [-0.39, 0.29) is 5.91 Å². The number of rotatable bonds is 3. The predicted octanol–water partition coefficient (Wildman–Crippen LogP) is 2.17. The molecule has 1 atom stereocenters. The Balaban J connectivity index is 1.69. The van der Waals surface area contributed by atoms with Gasteiger partial charge in [0.25, 0.3) is 0 Å². The van der Waals surface area contributed by atoms with Crippen LogP contribution in [-0.4, -0.2) is 37.0 Å². The highest BCUT2D eigenvalue weighted by atomic mass is 16.1. The van der Waals surface area contributed by atoms with Crippen molar-refractivity contribution in [3.63, 3.8) is 0 Å². The summed E-state index contributed by atoms with van der Waals surface area (Å²) in [4.78, 5) is 14.3. The van der Waals surface area contributed by atoms with E-state index in [4.69, 9.17) is 0 Å². The molecule has 2 aliphatic rings. The molecule has 1 aliphatic heterocycles. The number of hydrogen-bond acceptors (Lipinski definition) is 2. The molecule has 1 aliphatic carbocycles. The van der Waals surface area contributed by atoms with Crippen molar-refractivity contribution < 1.29 is 4.79 Å². The fourth-order valence-corrected chi connectivity index (χ4v) is 3.17. The fraction of sp³-hybridized carbons (Fsp3) is 0.929. The molecule has 1 saturated carbocycles. The van der Waals surface area contributed by atoms with Gasteiger partial charge in [0.2, 0.25) is 5.91 Å². The fourth-order valence-electron chi connectivity index (χ4n) is 3.17. The van der Waals surface area contributed by atoms with Crippen LogP contribution in [0.1, 0.15) is 51.4 Å². The zero-order valence-electron chi connectivity index (χ0n) is 11.1. The van der Waals surface area contributed by atoms with E-state index in [1.165, 1.54) is 44.9 Å². The van der Waals surface area contributed by atoms with Crippen molar-refractivity contribution in [2.75, 3.05) is 20.1 Å². The van der Waals surface area contributed by atoms with Crippen LogP contribution < -0.4 is 5.32 Å². The first kappa shape index (κ1) is 12.9. The van der Waals surface area contributed by atoms with Gasteiger partial charge in [0, 0.05) is 19.0 Å². The van der Waals surface area contributed by atoms with Gasteiger partial charge in [0.1, 0.15) is 0 Å². The molecule has 17 heavy (non-hydrogen) atoms. The van der Waals surface area contributed by atoms with Crippen molar-refractivity contribution >= 4 is 5.91 Å². The topological polar surface area (TPSA) is 32.3 Å². The Bertz CT molecular complexity index is 247. The van der Waals surface area contributed by atoms with E-state index >= 15 is 0 Å². The van der Waals surface area contributed by atoms with Gasteiger partial charge in [0.15, 0.2) is 0 Å². The molecule has 0 radical (unpaired) electrons. The van der Waals surface area contributed by atoms with Crippen LogP contribution in [0.3, 0.4) is 0 Å². The monoisotopic (exact) mass is 238 g/mol. The molecular formula is C14H26N2O. The first-order chi connectivity index (χ1) is 8.24. The molecule has 3 nitrogen and oxygen atoms in total. The average Bonchev–Trinajstić information content (AvgIpc) is 2.53. The molecule has 0 aromatic heterocycles. The Morgan fingerprint density at radius 3 is 2.47 bits per heavy atom. The second-order valence-corrected chi connectivity index (χ2v) is 5.88. The van der Waals surface area contributed by atoms with Crippen LogP contribution in [0.5, 0.6) is 0 Å². The predicted molar refractivity (Wildman–Crippen MR) is 69.9 cm³/mol. The van der Waals surface area contributed by atoms with Gasteiger partial charge < -0.3 is 10.2 Å². The smallest absolute Gasteiger partial charge is 0.220 e. The Morgan fingerprint density at radius 2 is 1.88 bits per heavy atom. The number of hydrogen-bond donors (Lipinski definition) is 1. The minimum atomic E-state index is 0.289. The van der Waals surface area contributed by atoms with Crippen molar-refractivity contribution in [1.29, 1.82) is 0 Å². The molecule has 1 amide bonds. The van der Waals surface area contributed by atoms with E-state index in [0.29, 0.717) is 12.0 Å². The Labute approximate surface area is 105 Å². The summed E-state index contributed by atoms with van der Waals surface area (Å²) in [6, 6.07) is 0.462. The van der Waals surface area contributed by atoms with Crippen LogP contribution in [0.4, 0.5) is 0 Å². The molecule has 0 aromatic carbocycles. The van der Waals surface area contributed by atoms with Gasteiger partial charge in [-0.2, -0.15) is 0 Å². The van der Waals surface area contributed by atoms with Crippen LogP contribution in [0.2, 0.25) is 0 Å². The van der Waals surface area contributed by atoms with E-state index in [0.717, 1.165) is 19.5 Å². The van der Waals surface area contributed by atoms with Gasteiger partial charge >= 0.3 is 0 Å².